The molecule has 0 radical (unpaired) electrons. The minimum atomic E-state index is 0.250. The van der Waals surface area contributed by atoms with E-state index in [2.05, 4.69) is 20.6 Å². The Hall–Kier alpha value is -3.88. The van der Waals surface area contributed by atoms with Crippen LogP contribution in [0, 0.1) is 0 Å². The lowest BCUT2D eigenvalue weighted by Crippen LogP contribution is -2.15. The molecule has 3 aromatic rings. The maximum atomic E-state index is 6.27. The van der Waals surface area contributed by atoms with E-state index in [1.807, 2.05) is 36.4 Å². The van der Waals surface area contributed by atoms with Crippen LogP contribution in [0.15, 0.2) is 42.7 Å². The fraction of sp³-hybridized carbons (Fsp3) is 0.200. The van der Waals surface area contributed by atoms with Gasteiger partial charge in [0.25, 0.3) is 0 Å². The molecular formula is C20H19N5O4. The highest BCUT2D eigenvalue weighted by molar-refractivity contribution is 5.78. The zero-order valence-corrected chi connectivity index (χ0v) is 15.5. The van der Waals surface area contributed by atoms with Crippen molar-refractivity contribution in [3.05, 3.63) is 48.3 Å². The Balaban J connectivity index is 1.31. The molecule has 0 spiro atoms. The van der Waals surface area contributed by atoms with Gasteiger partial charge < -0.3 is 35.3 Å². The van der Waals surface area contributed by atoms with Gasteiger partial charge in [-0.1, -0.05) is 6.07 Å². The first kappa shape index (κ1) is 17.2. The van der Waals surface area contributed by atoms with Crippen LogP contribution in [0.5, 0.6) is 23.0 Å². The summed E-state index contributed by atoms with van der Waals surface area (Å²) in [6.45, 7) is 1.86. The number of aromatic nitrogens is 2. The van der Waals surface area contributed by atoms with Crippen LogP contribution >= 0.6 is 0 Å². The predicted octanol–water partition coefficient (Wildman–Crippen LogP) is 2.91. The van der Waals surface area contributed by atoms with Crippen molar-refractivity contribution < 1.29 is 18.9 Å². The number of nitrogen functional groups attached to an aromatic ring is 1. The first-order valence-electron chi connectivity index (χ1n) is 9.16. The Morgan fingerprint density at radius 1 is 0.828 bits per heavy atom. The van der Waals surface area contributed by atoms with Crippen LogP contribution in [0.4, 0.5) is 23.0 Å². The van der Waals surface area contributed by atoms with Gasteiger partial charge in [-0.3, -0.25) is 0 Å². The topological polar surface area (TPSA) is 113 Å². The van der Waals surface area contributed by atoms with Gasteiger partial charge in [-0.2, -0.15) is 0 Å². The van der Waals surface area contributed by atoms with Gasteiger partial charge in [0, 0.05) is 18.3 Å². The van der Waals surface area contributed by atoms with Gasteiger partial charge in [-0.15, -0.1) is 0 Å². The molecule has 2 aromatic carbocycles. The third-order valence-corrected chi connectivity index (χ3v) is 4.59. The van der Waals surface area contributed by atoms with Crippen LogP contribution in [-0.2, 0) is 6.54 Å². The monoisotopic (exact) mass is 393 g/mol. The Bertz CT molecular complexity index is 1060. The summed E-state index contributed by atoms with van der Waals surface area (Å²) in [6.07, 6.45) is 1.46. The molecule has 2 aliphatic rings. The Morgan fingerprint density at radius 3 is 2.48 bits per heavy atom. The van der Waals surface area contributed by atoms with Gasteiger partial charge in [-0.05, 0) is 29.8 Å². The number of benzene rings is 2. The molecule has 148 valence electrons. The number of hydrogen-bond donors (Lipinski definition) is 3. The summed E-state index contributed by atoms with van der Waals surface area (Å²) in [5.74, 6) is 3.95. The summed E-state index contributed by atoms with van der Waals surface area (Å²) < 4.78 is 21.9. The number of nitrogens with zero attached hydrogens (tertiary/aromatic N) is 2. The lowest BCUT2D eigenvalue weighted by Gasteiger charge is -2.19. The SMILES string of the molecule is Nc1c(NCc2ccc3c(c2)OCO3)ncnc1Nc1ccc2c(c1)OCCO2. The molecule has 4 N–H and O–H groups in total. The largest absolute Gasteiger partial charge is 0.486 e. The van der Waals surface area contributed by atoms with Crippen molar-refractivity contribution >= 4 is 23.0 Å². The molecule has 9 nitrogen and oxygen atoms in total. The molecule has 0 fully saturated rings. The number of nitrogens with one attached hydrogen (secondary N) is 2. The van der Waals surface area contributed by atoms with Crippen LogP contribution in [0.25, 0.3) is 0 Å². The van der Waals surface area contributed by atoms with E-state index in [0.29, 0.717) is 42.8 Å². The van der Waals surface area contributed by atoms with Gasteiger partial charge in [0.15, 0.2) is 34.6 Å². The summed E-state index contributed by atoms with van der Waals surface area (Å²) in [7, 11) is 0. The molecule has 3 heterocycles. The maximum Gasteiger partial charge on any atom is 0.231 e. The molecule has 2 aliphatic heterocycles. The molecule has 0 atom stereocenters. The van der Waals surface area contributed by atoms with Crippen LogP contribution in [0.2, 0.25) is 0 Å². The quantitative estimate of drug-likeness (QED) is 0.602. The van der Waals surface area contributed by atoms with Gasteiger partial charge >= 0.3 is 0 Å². The van der Waals surface area contributed by atoms with E-state index in [4.69, 9.17) is 24.7 Å². The molecular weight excluding hydrogens is 374 g/mol. The van der Waals surface area contributed by atoms with Gasteiger partial charge in [0.2, 0.25) is 6.79 Å². The first-order valence-corrected chi connectivity index (χ1v) is 9.16. The average molecular weight is 393 g/mol. The second-order valence-electron chi connectivity index (χ2n) is 6.51. The highest BCUT2D eigenvalue weighted by Crippen LogP contribution is 2.35. The van der Waals surface area contributed by atoms with Crippen molar-refractivity contribution in [1.82, 2.24) is 9.97 Å². The minimum absolute atomic E-state index is 0.250. The molecule has 5 rings (SSSR count). The minimum Gasteiger partial charge on any atom is -0.486 e. The number of rotatable bonds is 5. The molecule has 0 amide bonds. The van der Waals surface area contributed by atoms with E-state index in [-0.39, 0.29) is 6.79 Å². The van der Waals surface area contributed by atoms with Gasteiger partial charge in [0.1, 0.15) is 25.2 Å². The molecule has 0 aliphatic carbocycles. The van der Waals surface area contributed by atoms with E-state index in [1.165, 1.54) is 6.33 Å². The number of nitrogens with two attached hydrogens (primary N) is 1. The average Bonchev–Trinajstić information content (AvgIpc) is 3.22. The highest BCUT2D eigenvalue weighted by atomic mass is 16.7. The second-order valence-corrected chi connectivity index (χ2v) is 6.51. The molecule has 0 bridgehead atoms. The summed E-state index contributed by atoms with van der Waals surface area (Å²) in [4.78, 5) is 8.50. The van der Waals surface area contributed by atoms with Crippen LogP contribution in [0.1, 0.15) is 5.56 Å². The van der Waals surface area contributed by atoms with E-state index >= 15 is 0 Å². The Morgan fingerprint density at radius 2 is 1.55 bits per heavy atom. The molecule has 0 saturated heterocycles. The lowest BCUT2D eigenvalue weighted by molar-refractivity contribution is 0.171. The molecule has 9 heteroatoms. The van der Waals surface area contributed by atoms with Crippen molar-refractivity contribution in [2.24, 2.45) is 0 Å². The van der Waals surface area contributed by atoms with E-state index in [1.54, 1.807) is 0 Å². The van der Waals surface area contributed by atoms with Crippen molar-refractivity contribution in [3.63, 3.8) is 0 Å². The van der Waals surface area contributed by atoms with Gasteiger partial charge in [-0.25, -0.2) is 9.97 Å². The third kappa shape index (κ3) is 3.49. The second kappa shape index (κ2) is 7.27. The normalized spacial score (nSPS) is 13.8. The van der Waals surface area contributed by atoms with Crippen molar-refractivity contribution in [3.8, 4) is 23.0 Å². The van der Waals surface area contributed by atoms with Crippen LogP contribution in [-0.4, -0.2) is 30.0 Å². The van der Waals surface area contributed by atoms with E-state index in [9.17, 15) is 0 Å². The van der Waals surface area contributed by atoms with E-state index in [0.717, 1.165) is 28.5 Å². The van der Waals surface area contributed by atoms with Crippen LogP contribution in [0.3, 0.4) is 0 Å². The number of hydrogen-bond acceptors (Lipinski definition) is 9. The highest BCUT2D eigenvalue weighted by Gasteiger charge is 2.15. The standard InChI is InChI=1S/C20H19N5O4/c21-18-19(22-9-12-1-3-15-16(7-12)29-11-28-15)23-10-24-20(18)25-13-2-4-14-17(8-13)27-6-5-26-14/h1-4,7-8,10H,5-6,9,11,21H2,(H2,22,23,24,25). The summed E-state index contributed by atoms with van der Waals surface area (Å²) in [6, 6.07) is 11.4. The molecule has 0 saturated carbocycles. The molecule has 0 unspecified atom stereocenters. The number of anilines is 4. The Labute approximate surface area is 166 Å². The Kier molecular flexibility index (Phi) is 4.32. The summed E-state index contributed by atoms with van der Waals surface area (Å²) in [5.41, 5.74) is 8.51. The summed E-state index contributed by atoms with van der Waals surface area (Å²) in [5, 5.41) is 6.45. The smallest absolute Gasteiger partial charge is 0.231 e. The lowest BCUT2D eigenvalue weighted by atomic mass is 10.2. The number of fused-ring (bicyclic) bond motifs is 2. The molecule has 29 heavy (non-hydrogen) atoms. The maximum absolute atomic E-state index is 6.27. The van der Waals surface area contributed by atoms with E-state index < -0.39 is 0 Å². The van der Waals surface area contributed by atoms with Crippen molar-refractivity contribution in [1.29, 1.82) is 0 Å². The number of ether oxygens (including phenoxy) is 4. The first-order chi connectivity index (χ1) is 14.3. The van der Waals surface area contributed by atoms with Crippen molar-refractivity contribution in [2.45, 2.75) is 6.54 Å². The van der Waals surface area contributed by atoms with Crippen molar-refractivity contribution in [2.75, 3.05) is 36.4 Å². The fourth-order valence-electron chi connectivity index (χ4n) is 3.13. The van der Waals surface area contributed by atoms with Crippen LogP contribution < -0.4 is 35.3 Å². The fourth-order valence-corrected chi connectivity index (χ4v) is 3.13. The predicted molar refractivity (Wildman–Crippen MR) is 107 cm³/mol. The third-order valence-electron chi connectivity index (χ3n) is 4.59. The van der Waals surface area contributed by atoms with Gasteiger partial charge in [0.05, 0.1) is 0 Å². The summed E-state index contributed by atoms with van der Waals surface area (Å²) >= 11 is 0. The zero-order chi connectivity index (χ0) is 19.6. The zero-order valence-electron chi connectivity index (χ0n) is 15.5. The molecule has 1 aromatic heterocycles.